The van der Waals surface area contributed by atoms with E-state index in [0.29, 0.717) is 39.1 Å². The van der Waals surface area contributed by atoms with E-state index in [0.717, 1.165) is 37.8 Å². The van der Waals surface area contributed by atoms with Crippen LogP contribution in [-0.2, 0) is 6.54 Å². The Labute approximate surface area is 178 Å². The minimum atomic E-state index is -0.256. The molecule has 2 aromatic heterocycles. The van der Waals surface area contributed by atoms with Crippen LogP contribution in [0.2, 0.25) is 10.0 Å². The Morgan fingerprint density at radius 1 is 1.28 bits per heavy atom. The van der Waals surface area contributed by atoms with E-state index in [1.807, 2.05) is 7.05 Å². The zero-order valence-corrected chi connectivity index (χ0v) is 17.7. The monoisotopic (exact) mass is 434 g/mol. The van der Waals surface area contributed by atoms with E-state index in [-0.39, 0.29) is 12.2 Å². The van der Waals surface area contributed by atoms with Crippen molar-refractivity contribution in [2.75, 3.05) is 18.5 Å². The largest absolute Gasteiger partial charge is 0.341 e. The van der Waals surface area contributed by atoms with Crippen molar-refractivity contribution in [3.63, 3.8) is 0 Å². The summed E-state index contributed by atoms with van der Waals surface area (Å²) < 4.78 is 1.57. The van der Waals surface area contributed by atoms with Crippen LogP contribution in [0.15, 0.2) is 29.2 Å². The maximum absolute atomic E-state index is 12.5. The minimum Gasteiger partial charge on any atom is -0.341 e. The Balaban J connectivity index is 1.64. The fourth-order valence-electron chi connectivity index (χ4n) is 4.02. The van der Waals surface area contributed by atoms with Crippen molar-refractivity contribution < 1.29 is 0 Å². The van der Waals surface area contributed by atoms with Crippen LogP contribution in [0.1, 0.15) is 31.2 Å². The second kappa shape index (κ2) is 8.34. The zero-order valence-electron chi connectivity index (χ0n) is 16.2. The van der Waals surface area contributed by atoms with Crippen LogP contribution in [0.3, 0.4) is 0 Å². The Bertz CT molecular complexity index is 1070. The molecular weight excluding hydrogens is 411 g/mol. The predicted octanol–water partition coefficient (Wildman–Crippen LogP) is 3.43. The average Bonchev–Trinajstić information content (AvgIpc) is 3.04. The lowest BCUT2D eigenvalue weighted by atomic mass is 9.85. The predicted molar refractivity (Wildman–Crippen MR) is 117 cm³/mol. The molecule has 9 heteroatoms. The minimum absolute atomic E-state index is 0.256. The summed E-state index contributed by atoms with van der Waals surface area (Å²) in [6, 6.07) is 5.58. The highest BCUT2D eigenvalue weighted by Crippen LogP contribution is 2.28. The Morgan fingerprint density at radius 2 is 2.03 bits per heavy atom. The maximum atomic E-state index is 12.5. The second-order valence-electron chi connectivity index (χ2n) is 7.68. The molecule has 7 nitrogen and oxygen atoms in total. The van der Waals surface area contributed by atoms with Crippen LogP contribution in [0.4, 0.5) is 5.95 Å². The normalized spacial score (nSPS) is 19.6. The highest BCUT2D eigenvalue weighted by molar-refractivity contribution is 6.33. The van der Waals surface area contributed by atoms with Crippen molar-refractivity contribution in [1.82, 2.24) is 19.5 Å². The van der Waals surface area contributed by atoms with Crippen molar-refractivity contribution in [1.29, 1.82) is 0 Å². The lowest BCUT2D eigenvalue weighted by Gasteiger charge is -2.34. The first-order valence-corrected chi connectivity index (χ1v) is 10.5. The number of anilines is 1. The summed E-state index contributed by atoms with van der Waals surface area (Å²) in [7, 11) is 2.01. The third-order valence-corrected chi connectivity index (χ3v) is 6.45. The lowest BCUT2D eigenvalue weighted by Crippen LogP contribution is -2.37. The number of fused-ring (bicyclic) bond motifs is 1. The van der Waals surface area contributed by atoms with Crippen LogP contribution < -0.4 is 16.3 Å². The molecule has 1 aliphatic carbocycles. The fraction of sp³-hybridized carbons (Fsp3) is 0.450. The van der Waals surface area contributed by atoms with Gasteiger partial charge >= 0.3 is 5.69 Å². The summed E-state index contributed by atoms with van der Waals surface area (Å²) in [6.07, 6.45) is 6.04. The van der Waals surface area contributed by atoms with Crippen molar-refractivity contribution in [3.05, 3.63) is 50.5 Å². The van der Waals surface area contributed by atoms with E-state index < -0.39 is 0 Å². The molecule has 0 atom stereocenters. The molecule has 0 amide bonds. The molecule has 1 aromatic carbocycles. The first kappa shape index (κ1) is 20.2. The van der Waals surface area contributed by atoms with Gasteiger partial charge in [-0.3, -0.25) is 4.57 Å². The highest BCUT2D eigenvalue weighted by Gasteiger charge is 2.25. The van der Waals surface area contributed by atoms with Crippen LogP contribution in [0, 0.1) is 5.92 Å². The number of nitrogens with two attached hydrogens (primary N) is 1. The number of imidazole rings is 1. The summed E-state index contributed by atoms with van der Waals surface area (Å²) in [5.74, 6) is 1.22. The molecule has 154 valence electrons. The smallest absolute Gasteiger partial charge is 0.328 e. The van der Waals surface area contributed by atoms with Crippen molar-refractivity contribution >= 4 is 40.3 Å². The standard InChI is InChI=1S/C20H24Cl2N6O/c1-27(15-5-2-12(9-23)3-6-15)19-24-10-17-18(26-19)28(20(29)25-17)11-13-8-14(21)4-7-16(13)22/h4,7-8,10,12,15H,2-3,5-6,9,11,23H2,1H3,(H,25,29). The molecule has 4 rings (SSSR count). The topological polar surface area (TPSA) is 92.8 Å². The summed E-state index contributed by atoms with van der Waals surface area (Å²) >= 11 is 12.4. The van der Waals surface area contributed by atoms with Gasteiger partial charge in [0.25, 0.3) is 0 Å². The van der Waals surface area contributed by atoms with Crippen LogP contribution >= 0.6 is 23.2 Å². The van der Waals surface area contributed by atoms with Gasteiger partial charge < -0.3 is 15.6 Å². The Kier molecular flexibility index (Phi) is 5.81. The van der Waals surface area contributed by atoms with E-state index in [1.54, 1.807) is 29.0 Å². The Hall–Kier alpha value is -2.09. The molecule has 1 aliphatic rings. The van der Waals surface area contributed by atoms with E-state index in [4.69, 9.17) is 33.9 Å². The third-order valence-electron chi connectivity index (χ3n) is 5.85. The number of nitrogens with one attached hydrogen (secondary N) is 1. The molecule has 1 saturated carbocycles. The lowest BCUT2D eigenvalue weighted by molar-refractivity contribution is 0.325. The highest BCUT2D eigenvalue weighted by atomic mass is 35.5. The van der Waals surface area contributed by atoms with Gasteiger partial charge in [0.2, 0.25) is 5.95 Å². The van der Waals surface area contributed by atoms with Gasteiger partial charge in [0.05, 0.1) is 12.7 Å². The summed E-state index contributed by atoms with van der Waals surface area (Å²) in [6.45, 7) is 1.03. The quantitative estimate of drug-likeness (QED) is 0.641. The van der Waals surface area contributed by atoms with Gasteiger partial charge in [0, 0.05) is 23.1 Å². The first-order chi connectivity index (χ1) is 14.0. The van der Waals surface area contributed by atoms with Gasteiger partial charge in [-0.25, -0.2) is 9.78 Å². The molecule has 0 spiro atoms. The van der Waals surface area contributed by atoms with Gasteiger partial charge in [-0.15, -0.1) is 0 Å². The van der Waals surface area contributed by atoms with Gasteiger partial charge in [-0.05, 0) is 61.9 Å². The number of halogens is 2. The van der Waals surface area contributed by atoms with Crippen molar-refractivity contribution in [2.45, 2.75) is 38.3 Å². The van der Waals surface area contributed by atoms with Gasteiger partial charge in [0.15, 0.2) is 5.65 Å². The molecule has 0 bridgehead atoms. The summed E-state index contributed by atoms with van der Waals surface area (Å²) in [5.41, 5.74) is 7.46. The van der Waals surface area contributed by atoms with Crippen LogP contribution in [0.5, 0.6) is 0 Å². The molecule has 0 saturated heterocycles. The first-order valence-electron chi connectivity index (χ1n) is 9.78. The average molecular weight is 435 g/mol. The maximum Gasteiger partial charge on any atom is 0.328 e. The SMILES string of the molecule is CN(c1ncc2[nH]c(=O)n(Cc3cc(Cl)ccc3Cl)c2n1)C1CCC(CN)CC1. The number of hydrogen-bond donors (Lipinski definition) is 2. The Morgan fingerprint density at radius 3 is 2.76 bits per heavy atom. The van der Waals surface area contributed by atoms with Crippen molar-refractivity contribution in [2.24, 2.45) is 11.7 Å². The number of H-pyrrole nitrogens is 1. The molecule has 3 aromatic rings. The molecule has 1 fully saturated rings. The number of nitrogens with zero attached hydrogens (tertiary/aromatic N) is 4. The second-order valence-corrected chi connectivity index (χ2v) is 8.52. The third kappa shape index (κ3) is 4.13. The number of aromatic nitrogens is 4. The molecule has 0 aliphatic heterocycles. The molecular formula is C20H24Cl2N6O. The number of hydrogen-bond acceptors (Lipinski definition) is 5. The molecule has 0 unspecified atom stereocenters. The van der Waals surface area contributed by atoms with E-state index >= 15 is 0 Å². The molecule has 29 heavy (non-hydrogen) atoms. The molecule has 3 N–H and O–H groups in total. The number of benzene rings is 1. The number of rotatable bonds is 5. The molecule has 2 heterocycles. The molecule has 0 radical (unpaired) electrons. The van der Waals surface area contributed by atoms with Gasteiger partial charge in [0.1, 0.15) is 5.52 Å². The van der Waals surface area contributed by atoms with Crippen molar-refractivity contribution in [3.8, 4) is 0 Å². The fourth-order valence-corrected chi connectivity index (χ4v) is 4.39. The zero-order chi connectivity index (χ0) is 20.5. The van der Waals surface area contributed by atoms with E-state index in [2.05, 4.69) is 14.9 Å². The van der Waals surface area contributed by atoms with E-state index in [9.17, 15) is 4.79 Å². The van der Waals surface area contributed by atoms with Crippen LogP contribution in [-0.4, -0.2) is 39.2 Å². The van der Waals surface area contributed by atoms with Gasteiger partial charge in [-0.2, -0.15) is 4.98 Å². The number of aromatic amines is 1. The summed E-state index contributed by atoms with van der Waals surface area (Å²) in [5, 5.41) is 1.12. The van der Waals surface area contributed by atoms with Crippen LogP contribution in [0.25, 0.3) is 11.2 Å². The summed E-state index contributed by atoms with van der Waals surface area (Å²) in [4.78, 5) is 26.6. The van der Waals surface area contributed by atoms with Gasteiger partial charge in [-0.1, -0.05) is 23.2 Å². The van der Waals surface area contributed by atoms with E-state index in [1.165, 1.54) is 0 Å².